The Morgan fingerprint density at radius 2 is 1.74 bits per heavy atom. The van der Waals surface area contributed by atoms with E-state index in [1.54, 1.807) is 24.3 Å². The minimum atomic E-state index is -3.99. The average Bonchev–Trinajstić information content (AvgIpc) is 2.78. The Bertz CT molecular complexity index is 1230. The van der Waals surface area contributed by atoms with Crippen molar-refractivity contribution < 1.29 is 8.42 Å². The van der Waals surface area contributed by atoms with Gasteiger partial charge in [-0.25, -0.2) is 8.42 Å². The quantitative estimate of drug-likeness (QED) is 0.386. The third-order valence-electron chi connectivity index (χ3n) is 4.55. The van der Waals surface area contributed by atoms with Gasteiger partial charge in [-0.1, -0.05) is 67.1 Å². The van der Waals surface area contributed by atoms with E-state index in [4.69, 9.17) is 11.6 Å². The number of hydrogen-bond donors (Lipinski definition) is 1. The Kier molecular flexibility index (Phi) is 7.80. The number of thioether (sulfide) groups is 1. The molecule has 158 valence electrons. The molecule has 0 aliphatic carbocycles. The van der Waals surface area contributed by atoms with Crippen LogP contribution < -0.4 is 5.32 Å². The molecule has 0 saturated carbocycles. The van der Waals surface area contributed by atoms with Crippen LogP contribution in [0.15, 0.2) is 93.7 Å². The first-order valence-corrected chi connectivity index (χ1v) is 12.5. The molecule has 7 heteroatoms. The predicted octanol–water partition coefficient (Wildman–Crippen LogP) is 6.41. The summed E-state index contributed by atoms with van der Waals surface area (Å²) in [6.45, 7) is 2.02. The Hall–Kier alpha value is -2.72. The van der Waals surface area contributed by atoms with Crippen LogP contribution in [-0.2, 0) is 22.0 Å². The maximum absolute atomic E-state index is 13.3. The van der Waals surface area contributed by atoms with E-state index in [1.807, 2.05) is 55.5 Å². The summed E-state index contributed by atoms with van der Waals surface area (Å²) in [6, 6.07) is 24.9. The Labute approximate surface area is 192 Å². The summed E-state index contributed by atoms with van der Waals surface area (Å²) in [4.78, 5) is -0.227. The first-order chi connectivity index (χ1) is 15.0. The molecule has 0 fully saturated rings. The summed E-state index contributed by atoms with van der Waals surface area (Å²) in [6.07, 6.45) is 0.767. The van der Waals surface area contributed by atoms with Crippen molar-refractivity contribution in [2.24, 2.45) is 0 Å². The fourth-order valence-electron chi connectivity index (χ4n) is 2.96. The van der Waals surface area contributed by atoms with Gasteiger partial charge >= 0.3 is 0 Å². The molecule has 1 N–H and O–H groups in total. The zero-order chi connectivity index (χ0) is 22.3. The number of para-hydroxylation sites is 1. The number of nitriles is 1. The molecule has 4 nitrogen and oxygen atoms in total. The Balaban J connectivity index is 2.07. The molecule has 0 aromatic heterocycles. The molecule has 31 heavy (non-hydrogen) atoms. The maximum atomic E-state index is 13.3. The van der Waals surface area contributed by atoms with Crippen LogP contribution in [-0.4, -0.2) is 8.42 Å². The number of benzene rings is 3. The minimum absolute atomic E-state index is 0.0815. The van der Waals surface area contributed by atoms with Crippen molar-refractivity contribution in [1.82, 2.24) is 0 Å². The second-order valence-corrected chi connectivity index (χ2v) is 9.95. The van der Waals surface area contributed by atoms with E-state index in [0.29, 0.717) is 10.8 Å². The number of hydrogen-bond acceptors (Lipinski definition) is 5. The highest BCUT2D eigenvalue weighted by molar-refractivity contribution is 8.04. The number of sulfone groups is 1. The van der Waals surface area contributed by atoms with E-state index in [1.165, 1.54) is 23.9 Å². The molecule has 0 radical (unpaired) electrons. The van der Waals surface area contributed by atoms with Crippen LogP contribution in [0, 0.1) is 11.3 Å². The SMILES string of the molecule is CCc1ccccc1N/C(SCc1cccc(Cl)c1)=C(/C#N)S(=O)(=O)c1ccccc1. The predicted molar refractivity (Wildman–Crippen MR) is 128 cm³/mol. The van der Waals surface area contributed by atoms with Gasteiger partial charge in [-0.15, -0.1) is 11.8 Å². The summed E-state index contributed by atoms with van der Waals surface area (Å²) in [7, 11) is -3.99. The van der Waals surface area contributed by atoms with Crippen LogP contribution in [0.25, 0.3) is 0 Å². The molecule has 3 aromatic rings. The van der Waals surface area contributed by atoms with Gasteiger partial charge < -0.3 is 5.32 Å². The third-order valence-corrected chi connectivity index (χ3v) is 7.71. The molecule has 3 rings (SSSR count). The normalized spacial score (nSPS) is 12.0. The van der Waals surface area contributed by atoms with Crippen LogP contribution >= 0.6 is 23.4 Å². The van der Waals surface area contributed by atoms with Gasteiger partial charge in [-0.3, -0.25) is 0 Å². The van der Waals surface area contributed by atoms with Crippen molar-refractivity contribution >= 4 is 38.9 Å². The second kappa shape index (κ2) is 10.5. The molecule has 0 heterocycles. The first-order valence-electron chi connectivity index (χ1n) is 9.62. The summed E-state index contributed by atoms with van der Waals surface area (Å²) < 4.78 is 26.5. The monoisotopic (exact) mass is 468 g/mol. The maximum Gasteiger partial charge on any atom is 0.219 e. The number of anilines is 1. The lowest BCUT2D eigenvalue weighted by molar-refractivity contribution is 0.603. The van der Waals surface area contributed by atoms with E-state index in [2.05, 4.69) is 5.32 Å². The molecule has 0 bridgehead atoms. The smallest absolute Gasteiger partial charge is 0.219 e. The Morgan fingerprint density at radius 1 is 1.03 bits per heavy atom. The number of aryl methyl sites for hydroxylation is 1. The standard InChI is InChI=1S/C24H21ClN2O2S2/c1-2-19-10-6-7-14-22(19)27-24(30-17-18-9-8-11-20(25)15-18)23(16-26)31(28,29)21-12-4-3-5-13-21/h3-15,27H,2,17H2,1H3/b24-23+. The fraction of sp³-hybridized carbons (Fsp3) is 0.125. The van der Waals surface area contributed by atoms with Crippen molar-refractivity contribution in [2.75, 3.05) is 5.32 Å². The van der Waals surface area contributed by atoms with Crippen LogP contribution in [0.1, 0.15) is 18.1 Å². The number of halogens is 1. The topological polar surface area (TPSA) is 70.0 Å². The number of allylic oxidation sites excluding steroid dienone is 1. The lowest BCUT2D eigenvalue weighted by Crippen LogP contribution is -2.11. The van der Waals surface area contributed by atoms with Gasteiger partial charge in [0.25, 0.3) is 0 Å². The van der Waals surface area contributed by atoms with Gasteiger partial charge in [0, 0.05) is 16.5 Å². The van der Waals surface area contributed by atoms with Crippen LogP contribution in [0.4, 0.5) is 5.69 Å². The summed E-state index contributed by atoms with van der Waals surface area (Å²) >= 11 is 7.35. The average molecular weight is 469 g/mol. The molecule has 0 spiro atoms. The molecular formula is C24H21ClN2O2S2. The fourth-order valence-corrected chi connectivity index (χ4v) is 5.70. The highest BCUT2D eigenvalue weighted by Crippen LogP contribution is 2.32. The zero-order valence-electron chi connectivity index (χ0n) is 16.9. The largest absolute Gasteiger partial charge is 0.348 e. The van der Waals surface area contributed by atoms with E-state index in [9.17, 15) is 13.7 Å². The summed E-state index contributed by atoms with van der Waals surface area (Å²) in [5.74, 6) is 0.451. The van der Waals surface area contributed by atoms with Gasteiger partial charge in [0.1, 0.15) is 11.1 Å². The zero-order valence-corrected chi connectivity index (χ0v) is 19.3. The van der Waals surface area contributed by atoms with Gasteiger partial charge in [0.05, 0.1) is 4.90 Å². The lowest BCUT2D eigenvalue weighted by Gasteiger charge is -2.16. The van der Waals surface area contributed by atoms with Gasteiger partial charge in [-0.2, -0.15) is 5.26 Å². The van der Waals surface area contributed by atoms with Crippen LogP contribution in [0.5, 0.6) is 0 Å². The molecule has 0 atom stereocenters. The molecule has 0 amide bonds. The van der Waals surface area contributed by atoms with Gasteiger partial charge in [0.15, 0.2) is 4.91 Å². The van der Waals surface area contributed by atoms with Crippen molar-refractivity contribution in [3.63, 3.8) is 0 Å². The van der Waals surface area contributed by atoms with E-state index in [-0.39, 0.29) is 14.8 Å². The second-order valence-electron chi connectivity index (χ2n) is 6.64. The van der Waals surface area contributed by atoms with E-state index >= 15 is 0 Å². The van der Waals surface area contributed by atoms with Crippen LogP contribution in [0.3, 0.4) is 0 Å². The van der Waals surface area contributed by atoms with Crippen molar-refractivity contribution in [3.8, 4) is 6.07 Å². The number of rotatable bonds is 8. The molecule has 0 aliphatic rings. The molecular weight excluding hydrogens is 448 g/mol. The molecule has 3 aromatic carbocycles. The Morgan fingerprint density at radius 3 is 2.42 bits per heavy atom. The van der Waals surface area contributed by atoms with E-state index in [0.717, 1.165) is 23.2 Å². The lowest BCUT2D eigenvalue weighted by atomic mass is 10.1. The highest BCUT2D eigenvalue weighted by Gasteiger charge is 2.25. The van der Waals surface area contributed by atoms with E-state index < -0.39 is 9.84 Å². The minimum Gasteiger partial charge on any atom is -0.348 e. The number of nitrogens with zero attached hydrogens (tertiary/aromatic N) is 1. The summed E-state index contributed by atoms with van der Waals surface area (Å²) in [5.41, 5.74) is 2.72. The first kappa shape index (κ1) is 23.0. The third kappa shape index (κ3) is 5.71. The van der Waals surface area contributed by atoms with Crippen molar-refractivity contribution in [1.29, 1.82) is 5.26 Å². The van der Waals surface area contributed by atoms with Crippen molar-refractivity contribution in [2.45, 2.75) is 24.0 Å². The molecule has 0 aliphatic heterocycles. The summed E-state index contributed by atoms with van der Waals surface area (Å²) in [5, 5.41) is 14.0. The van der Waals surface area contributed by atoms with Crippen molar-refractivity contribution in [3.05, 3.63) is 105 Å². The molecule has 0 unspecified atom stereocenters. The highest BCUT2D eigenvalue weighted by atomic mass is 35.5. The van der Waals surface area contributed by atoms with Crippen LogP contribution in [0.2, 0.25) is 5.02 Å². The number of nitrogens with one attached hydrogen (secondary N) is 1. The molecule has 0 saturated heterocycles. The van der Waals surface area contributed by atoms with Gasteiger partial charge in [-0.05, 0) is 47.9 Å². The van der Waals surface area contributed by atoms with Gasteiger partial charge in [0.2, 0.25) is 9.84 Å².